The number of hydrogen-bond acceptors (Lipinski definition) is 5. The lowest BCUT2D eigenvalue weighted by Gasteiger charge is -2.04. The lowest BCUT2D eigenvalue weighted by atomic mass is 10.2. The number of rotatable bonds is 3. The molecule has 3 aromatic rings. The summed E-state index contributed by atoms with van der Waals surface area (Å²) in [5.41, 5.74) is 13.3. The fourth-order valence-corrected chi connectivity index (χ4v) is 2.71. The summed E-state index contributed by atoms with van der Waals surface area (Å²) in [5, 5.41) is 1.11. The van der Waals surface area contributed by atoms with Gasteiger partial charge in [0.15, 0.2) is 0 Å². The molecule has 4 rings (SSSR count). The van der Waals surface area contributed by atoms with Crippen molar-refractivity contribution >= 4 is 34.6 Å². The minimum atomic E-state index is 0.552. The molecular weight excluding hydrogens is 335 g/mol. The third kappa shape index (κ3) is 2.84. The Morgan fingerprint density at radius 3 is 2.70 bits per heavy atom. The van der Waals surface area contributed by atoms with Crippen LogP contribution in [0.4, 0.5) is 11.4 Å². The number of halogens is 2. The van der Waals surface area contributed by atoms with E-state index in [4.69, 9.17) is 23.2 Å². The summed E-state index contributed by atoms with van der Waals surface area (Å²) in [7, 11) is 0. The van der Waals surface area contributed by atoms with Crippen LogP contribution in [0.15, 0.2) is 43.0 Å². The Balaban J connectivity index is 1.58. The highest BCUT2D eigenvalue weighted by Gasteiger charge is 2.12. The molecule has 0 bridgehead atoms. The molecule has 0 saturated carbocycles. The minimum absolute atomic E-state index is 0.552. The summed E-state index contributed by atoms with van der Waals surface area (Å²) in [6.45, 7) is 0.663. The molecule has 8 heteroatoms. The second-order valence-corrected chi connectivity index (χ2v) is 5.98. The molecule has 1 aromatic carbocycles. The van der Waals surface area contributed by atoms with Crippen molar-refractivity contribution in [2.24, 2.45) is 0 Å². The predicted molar refractivity (Wildman–Crippen MR) is 91.4 cm³/mol. The highest BCUT2D eigenvalue weighted by atomic mass is 35.5. The molecule has 116 valence electrons. The zero-order valence-electron chi connectivity index (χ0n) is 11.8. The van der Waals surface area contributed by atoms with Crippen LogP contribution < -0.4 is 16.4 Å². The smallest absolute Gasteiger partial charge is 0.107 e. The molecule has 0 unspecified atom stereocenters. The van der Waals surface area contributed by atoms with Gasteiger partial charge in [-0.25, -0.2) is 4.98 Å². The second-order valence-electron chi connectivity index (χ2n) is 5.17. The van der Waals surface area contributed by atoms with E-state index in [1.165, 1.54) is 0 Å². The molecule has 0 fully saturated rings. The topological polar surface area (TPSA) is 66.8 Å². The van der Waals surface area contributed by atoms with Gasteiger partial charge >= 0.3 is 0 Å². The average molecular weight is 347 g/mol. The SMILES string of the molecule is Clc1ccc(Cn2cnc(-c3cc4c(cn3)NNN4)c2)cc1Cl. The number of anilines is 2. The Kier molecular flexibility index (Phi) is 3.57. The van der Waals surface area contributed by atoms with Crippen molar-refractivity contribution in [2.45, 2.75) is 6.54 Å². The number of aromatic nitrogens is 3. The first-order valence-electron chi connectivity index (χ1n) is 6.92. The third-order valence-electron chi connectivity index (χ3n) is 3.54. The summed E-state index contributed by atoms with van der Waals surface area (Å²) in [6.07, 6.45) is 5.49. The van der Waals surface area contributed by atoms with Gasteiger partial charge in [0, 0.05) is 12.7 Å². The Morgan fingerprint density at radius 2 is 1.83 bits per heavy atom. The van der Waals surface area contributed by atoms with E-state index in [0.717, 1.165) is 28.3 Å². The lowest BCUT2D eigenvalue weighted by molar-refractivity contribution is 0.797. The molecule has 0 atom stereocenters. The van der Waals surface area contributed by atoms with Gasteiger partial charge in [-0.15, -0.1) is 5.53 Å². The third-order valence-corrected chi connectivity index (χ3v) is 4.28. The van der Waals surface area contributed by atoms with Crippen LogP contribution in [0, 0.1) is 0 Å². The van der Waals surface area contributed by atoms with Crippen LogP contribution in [-0.2, 0) is 6.54 Å². The van der Waals surface area contributed by atoms with Crippen LogP contribution in [-0.4, -0.2) is 14.5 Å². The van der Waals surface area contributed by atoms with Gasteiger partial charge in [-0.3, -0.25) is 4.98 Å². The zero-order valence-corrected chi connectivity index (χ0v) is 13.4. The Bertz CT molecular complexity index is 876. The van der Waals surface area contributed by atoms with E-state index in [-0.39, 0.29) is 0 Å². The van der Waals surface area contributed by atoms with Crippen LogP contribution in [0.5, 0.6) is 0 Å². The summed E-state index contributed by atoms with van der Waals surface area (Å²) in [6, 6.07) is 7.54. The number of benzene rings is 1. The molecule has 0 radical (unpaired) electrons. The number of pyridine rings is 1. The van der Waals surface area contributed by atoms with Crippen LogP contribution in [0.3, 0.4) is 0 Å². The molecule has 3 N–H and O–H groups in total. The van der Waals surface area contributed by atoms with E-state index >= 15 is 0 Å². The van der Waals surface area contributed by atoms with Crippen molar-refractivity contribution in [1.82, 2.24) is 20.1 Å². The average Bonchev–Trinajstić information content (AvgIpc) is 3.19. The molecule has 1 aliphatic rings. The van der Waals surface area contributed by atoms with E-state index in [1.54, 1.807) is 18.6 Å². The van der Waals surface area contributed by atoms with Gasteiger partial charge in [0.25, 0.3) is 0 Å². The fourth-order valence-electron chi connectivity index (χ4n) is 2.39. The van der Waals surface area contributed by atoms with Gasteiger partial charge in [-0.1, -0.05) is 29.3 Å². The first-order chi connectivity index (χ1) is 11.2. The van der Waals surface area contributed by atoms with Crippen LogP contribution in [0.2, 0.25) is 10.0 Å². The molecule has 0 saturated heterocycles. The van der Waals surface area contributed by atoms with Crippen LogP contribution in [0.25, 0.3) is 11.4 Å². The molecule has 0 amide bonds. The standard InChI is InChI=1S/C15H12Cl2N6/c16-10-2-1-9(3-11(10)17)6-23-7-15(19-8-23)12-4-13-14(5-18-12)21-22-20-13/h1-5,7-8,20-22H,6H2. The second kappa shape index (κ2) is 5.73. The van der Waals surface area contributed by atoms with E-state index < -0.39 is 0 Å². The van der Waals surface area contributed by atoms with E-state index in [9.17, 15) is 0 Å². The maximum atomic E-state index is 6.05. The van der Waals surface area contributed by atoms with Gasteiger partial charge in [0.2, 0.25) is 0 Å². The lowest BCUT2D eigenvalue weighted by Crippen LogP contribution is -2.19. The number of nitrogens with one attached hydrogen (secondary N) is 3. The first kappa shape index (κ1) is 14.3. The zero-order chi connectivity index (χ0) is 15.8. The Morgan fingerprint density at radius 1 is 0.957 bits per heavy atom. The normalized spacial score (nSPS) is 12.6. The molecular formula is C15H12Cl2N6. The molecule has 0 aliphatic carbocycles. The Hall–Kier alpha value is -2.28. The van der Waals surface area contributed by atoms with Crippen molar-refractivity contribution < 1.29 is 0 Å². The van der Waals surface area contributed by atoms with Crippen molar-refractivity contribution in [3.8, 4) is 11.4 Å². The number of imidazole rings is 1. The van der Waals surface area contributed by atoms with Crippen molar-refractivity contribution in [1.29, 1.82) is 0 Å². The Labute approximate surface area is 142 Å². The maximum Gasteiger partial charge on any atom is 0.107 e. The van der Waals surface area contributed by atoms with Crippen molar-refractivity contribution in [2.75, 3.05) is 10.9 Å². The first-order valence-corrected chi connectivity index (χ1v) is 7.68. The summed E-state index contributed by atoms with van der Waals surface area (Å²) < 4.78 is 1.98. The van der Waals surface area contributed by atoms with Gasteiger partial charge < -0.3 is 15.4 Å². The van der Waals surface area contributed by atoms with Gasteiger partial charge in [0.1, 0.15) is 5.69 Å². The monoisotopic (exact) mass is 346 g/mol. The molecule has 1 aliphatic heterocycles. The van der Waals surface area contributed by atoms with E-state index in [2.05, 4.69) is 26.4 Å². The molecule has 3 heterocycles. The van der Waals surface area contributed by atoms with Gasteiger partial charge in [-0.05, 0) is 23.8 Å². The van der Waals surface area contributed by atoms with E-state index in [1.807, 2.05) is 29.0 Å². The fraction of sp³-hybridized carbons (Fsp3) is 0.0667. The summed E-state index contributed by atoms with van der Waals surface area (Å²) in [5.74, 6) is 0. The summed E-state index contributed by atoms with van der Waals surface area (Å²) in [4.78, 5) is 8.83. The van der Waals surface area contributed by atoms with Gasteiger partial charge in [-0.2, -0.15) is 0 Å². The van der Waals surface area contributed by atoms with Crippen molar-refractivity contribution in [3.63, 3.8) is 0 Å². The molecule has 0 spiro atoms. The van der Waals surface area contributed by atoms with Crippen LogP contribution >= 0.6 is 23.2 Å². The number of nitrogens with zero attached hydrogens (tertiary/aromatic N) is 3. The molecule has 2 aromatic heterocycles. The van der Waals surface area contributed by atoms with Gasteiger partial charge in [0.05, 0.1) is 39.6 Å². The quantitative estimate of drug-likeness (QED) is 0.676. The van der Waals surface area contributed by atoms with Crippen LogP contribution in [0.1, 0.15) is 5.56 Å². The molecule has 23 heavy (non-hydrogen) atoms. The largest absolute Gasteiger partial charge is 0.332 e. The predicted octanol–water partition coefficient (Wildman–Crippen LogP) is 3.56. The number of hydrogen-bond donors (Lipinski definition) is 3. The molecule has 6 nitrogen and oxygen atoms in total. The highest BCUT2D eigenvalue weighted by molar-refractivity contribution is 6.42. The number of hydrazine groups is 2. The maximum absolute atomic E-state index is 6.05. The number of fused-ring (bicyclic) bond motifs is 1. The highest BCUT2D eigenvalue weighted by Crippen LogP contribution is 2.28. The minimum Gasteiger partial charge on any atom is -0.332 e. The van der Waals surface area contributed by atoms with Crippen molar-refractivity contribution in [3.05, 3.63) is 58.6 Å². The summed E-state index contributed by atoms with van der Waals surface area (Å²) >= 11 is 12.0. The van der Waals surface area contributed by atoms with E-state index in [0.29, 0.717) is 16.6 Å².